The lowest BCUT2D eigenvalue weighted by atomic mass is 10.1. The molecular formula is C13H14FN3O3. The van der Waals surface area contributed by atoms with Crippen LogP contribution in [0.4, 0.5) is 14.9 Å². The van der Waals surface area contributed by atoms with Crippen LogP contribution in [0.3, 0.4) is 0 Å². The lowest BCUT2D eigenvalue weighted by Crippen LogP contribution is -2.60. The van der Waals surface area contributed by atoms with Crippen LogP contribution in [0.2, 0.25) is 0 Å². The first-order chi connectivity index (χ1) is 9.51. The molecule has 0 aliphatic carbocycles. The van der Waals surface area contributed by atoms with E-state index in [0.717, 1.165) is 11.0 Å². The summed E-state index contributed by atoms with van der Waals surface area (Å²) in [5.41, 5.74) is 0.267. The van der Waals surface area contributed by atoms with Crippen molar-refractivity contribution in [3.8, 4) is 0 Å². The number of nitrogens with zero attached hydrogens (tertiary/aromatic N) is 1. The van der Waals surface area contributed by atoms with Crippen LogP contribution >= 0.6 is 0 Å². The summed E-state index contributed by atoms with van der Waals surface area (Å²) in [7, 11) is 0. The molecule has 1 aromatic carbocycles. The first kappa shape index (κ1) is 14.0. The van der Waals surface area contributed by atoms with E-state index in [1.807, 2.05) is 0 Å². The monoisotopic (exact) mass is 279 g/mol. The van der Waals surface area contributed by atoms with Crippen LogP contribution in [0.15, 0.2) is 24.3 Å². The van der Waals surface area contributed by atoms with Gasteiger partial charge in [-0.25, -0.2) is 9.18 Å². The summed E-state index contributed by atoms with van der Waals surface area (Å²) in [4.78, 5) is 36.2. The lowest BCUT2D eigenvalue weighted by Gasteiger charge is -2.33. The van der Waals surface area contributed by atoms with Crippen molar-refractivity contribution in [2.75, 3.05) is 11.9 Å². The van der Waals surface area contributed by atoms with E-state index in [9.17, 15) is 18.8 Å². The molecule has 1 saturated heterocycles. The molecule has 1 atom stereocenters. The Morgan fingerprint density at radius 3 is 2.90 bits per heavy atom. The number of amides is 4. The Morgan fingerprint density at radius 2 is 2.25 bits per heavy atom. The van der Waals surface area contributed by atoms with Gasteiger partial charge in [0.15, 0.2) is 0 Å². The molecule has 0 spiro atoms. The van der Waals surface area contributed by atoms with Crippen molar-refractivity contribution < 1.29 is 18.8 Å². The zero-order valence-electron chi connectivity index (χ0n) is 10.9. The Hall–Kier alpha value is -2.44. The molecule has 1 heterocycles. The van der Waals surface area contributed by atoms with Gasteiger partial charge in [0, 0.05) is 5.69 Å². The molecule has 0 saturated carbocycles. The van der Waals surface area contributed by atoms with E-state index in [1.165, 1.54) is 18.2 Å². The van der Waals surface area contributed by atoms with E-state index in [4.69, 9.17) is 0 Å². The number of hydrogen-bond acceptors (Lipinski definition) is 3. The molecule has 7 heteroatoms. The molecule has 20 heavy (non-hydrogen) atoms. The van der Waals surface area contributed by atoms with Crippen molar-refractivity contribution in [2.45, 2.75) is 19.4 Å². The number of rotatable bonds is 2. The predicted molar refractivity (Wildman–Crippen MR) is 69.4 cm³/mol. The molecule has 1 aliphatic heterocycles. The fourth-order valence-corrected chi connectivity index (χ4v) is 2.05. The van der Waals surface area contributed by atoms with Crippen molar-refractivity contribution in [3.63, 3.8) is 0 Å². The summed E-state index contributed by atoms with van der Waals surface area (Å²) in [6.45, 7) is 1.54. The number of piperazine rings is 1. The third-order valence-corrected chi connectivity index (χ3v) is 2.98. The van der Waals surface area contributed by atoms with Crippen LogP contribution in [0, 0.1) is 5.82 Å². The summed E-state index contributed by atoms with van der Waals surface area (Å²) >= 11 is 0. The van der Waals surface area contributed by atoms with Gasteiger partial charge in [-0.2, -0.15) is 0 Å². The average molecular weight is 279 g/mol. The molecule has 1 fully saturated rings. The minimum atomic E-state index is -0.707. The fourth-order valence-electron chi connectivity index (χ4n) is 2.05. The van der Waals surface area contributed by atoms with Crippen molar-refractivity contribution in [1.29, 1.82) is 0 Å². The molecule has 106 valence electrons. The number of urea groups is 1. The van der Waals surface area contributed by atoms with Gasteiger partial charge in [0.25, 0.3) is 0 Å². The quantitative estimate of drug-likeness (QED) is 0.796. The second-order valence-corrected chi connectivity index (χ2v) is 4.40. The molecule has 1 aromatic rings. The van der Waals surface area contributed by atoms with E-state index in [1.54, 1.807) is 6.92 Å². The summed E-state index contributed by atoms with van der Waals surface area (Å²) in [6.07, 6.45) is 0.385. The third-order valence-electron chi connectivity index (χ3n) is 2.98. The van der Waals surface area contributed by atoms with Gasteiger partial charge in [-0.1, -0.05) is 13.0 Å². The highest BCUT2D eigenvalue weighted by Gasteiger charge is 2.35. The number of nitrogens with one attached hydrogen (secondary N) is 2. The van der Waals surface area contributed by atoms with Crippen LogP contribution in [-0.2, 0) is 9.59 Å². The first-order valence-corrected chi connectivity index (χ1v) is 6.18. The molecule has 2 N–H and O–H groups in total. The van der Waals surface area contributed by atoms with Crippen LogP contribution in [0.5, 0.6) is 0 Å². The van der Waals surface area contributed by atoms with Crippen molar-refractivity contribution >= 4 is 23.5 Å². The van der Waals surface area contributed by atoms with E-state index in [0.29, 0.717) is 6.42 Å². The minimum Gasteiger partial charge on any atom is -0.308 e. The van der Waals surface area contributed by atoms with Gasteiger partial charge in [0.05, 0.1) is 0 Å². The molecular weight excluding hydrogens is 265 g/mol. The lowest BCUT2D eigenvalue weighted by molar-refractivity contribution is -0.138. The van der Waals surface area contributed by atoms with Crippen molar-refractivity contribution in [3.05, 3.63) is 30.1 Å². The number of imide groups is 1. The van der Waals surface area contributed by atoms with Crippen LogP contribution in [-0.4, -0.2) is 35.3 Å². The fraction of sp³-hybridized carbons (Fsp3) is 0.308. The molecule has 0 radical (unpaired) electrons. The Morgan fingerprint density at radius 1 is 1.50 bits per heavy atom. The molecule has 4 amide bonds. The SMILES string of the molecule is CCC1C(=O)NC(=O)CN1C(=O)Nc1cccc(F)c1. The largest absolute Gasteiger partial charge is 0.323 e. The van der Waals surface area contributed by atoms with Crippen LogP contribution in [0.1, 0.15) is 13.3 Å². The number of benzene rings is 1. The molecule has 6 nitrogen and oxygen atoms in total. The zero-order chi connectivity index (χ0) is 14.7. The van der Waals surface area contributed by atoms with E-state index >= 15 is 0 Å². The van der Waals surface area contributed by atoms with Crippen LogP contribution in [0.25, 0.3) is 0 Å². The second-order valence-electron chi connectivity index (χ2n) is 4.40. The Labute approximate surface area is 114 Å². The topological polar surface area (TPSA) is 78.5 Å². The van der Waals surface area contributed by atoms with Gasteiger partial charge in [-0.15, -0.1) is 0 Å². The summed E-state index contributed by atoms with van der Waals surface area (Å²) in [6, 6.07) is 4.07. The normalized spacial score (nSPS) is 18.7. The Bertz CT molecular complexity index is 562. The molecule has 1 unspecified atom stereocenters. The number of hydrogen-bond donors (Lipinski definition) is 2. The highest BCUT2D eigenvalue weighted by molar-refractivity contribution is 6.05. The first-order valence-electron chi connectivity index (χ1n) is 6.18. The van der Waals surface area contributed by atoms with Crippen molar-refractivity contribution in [2.24, 2.45) is 0 Å². The van der Waals surface area contributed by atoms with Crippen molar-refractivity contribution in [1.82, 2.24) is 10.2 Å². The predicted octanol–water partition coefficient (Wildman–Crippen LogP) is 1.09. The number of carbonyl (C=O) groups is 3. The zero-order valence-corrected chi connectivity index (χ0v) is 10.9. The maximum atomic E-state index is 13.0. The smallest absolute Gasteiger partial charge is 0.308 e. The van der Waals surface area contributed by atoms with Gasteiger partial charge in [0.2, 0.25) is 11.8 Å². The van der Waals surface area contributed by atoms with Gasteiger partial charge in [-0.05, 0) is 24.6 Å². The maximum Gasteiger partial charge on any atom is 0.323 e. The Kier molecular flexibility index (Phi) is 3.97. The number of halogens is 1. The van der Waals surface area contributed by atoms with Gasteiger partial charge in [0.1, 0.15) is 18.4 Å². The molecule has 1 aliphatic rings. The number of anilines is 1. The third kappa shape index (κ3) is 2.93. The summed E-state index contributed by atoms with van der Waals surface area (Å²) in [5, 5.41) is 4.65. The van der Waals surface area contributed by atoms with E-state index in [2.05, 4.69) is 10.6 Å². The van der Waals surface area contributed by atoms with Gasteiger partial charge < -0.3 is 10.2 Å². The van der Waals surface area contributed by atoms with Gasteiger partial charge >= 0.3 is 6.03 Å². The molecule has 0 bridgehead atoms. The van der Waals surface area contributed by atoms with Gasteiger partial charge in [-0.3, -0.25) is 14.9 Å². The summed E-state index contributed by atoms with van der Waals surface area (Å²) < 4.78 is 13.0. The number of carbonyl (C=O) groups excluding carboxylic acids is 3. The maximum absolute atomic E-state index is 13.0. The van der Waals surface area contributed by atoms with E-state index in [-0.39, 0.29) is 12.2 Å². The van der Waals surface area contributed by atoms with Crippen LogP contribution < -0.4 is 10.6 Å². The Balaban J connectivity index is 2.14. The highest BCUT2D eigenvalue weighted by Crippen LogP contribution is 2.14. The standard InChI is InChI=1S/C13H14FN3O3/c1-2-10-12(19)16-11(18)7-17(10)13(20)15-9-5-3-4-8(14)6-9/h3-6,10H,2,7H2,1H3,(H,15,20)(H,16,18,19). The summed E-state index contributed by atoms with van der Waals surface area (Å²) in [5.74, 6) is -1.52. The van der Waals surface area contributed by atoms with E-state index < -0.39 is 29.7 Å². The minimum absolute atomic E-state index is 0.203. The molecule has 0 aromatic heterocycles. The molecule has 2 rings (SSSR count). The average Bonchev–Trinajstić information content (AvgIpc) is 2.37. The highest BCUT2D eigenvalue weighted by atomic mass is 19.1. The second kappa shape index (κ2) is 5.68.